The van der Waals surface area contributed by atoms with E-state index < -0.39 is 39.3 Å². The normalized spacial score (nSPS) is 19.6. The largest absolute Gasteiger partial charge is 0.369 e. The number of amides is 1. The molecule has 2 aromatic carbocycles. The highest BCUT2D eigenvalue weighted by molar-refractivity contribution is 7.89. The molecule has 0 saturated heterocycles. The Balaban J connectivity index is 2.20. The van der Waals surface area contributed by atoms with Crippen molar-refractivity contribution in [2.24, 2.45) is 23.0 Å². The SMILES string of the molecule is Cc1ccccc1S(=O)(=O)N1[C@@H](c2ccc(Cl)cc2)C(C(=O)C[C@@H](CC(C)C)C(N)=O)=C[C@H]1C(C)(C)C. The van der Waals surface area contributed by atoms with Gasteiger partial charge in [-0.05, 0) is 54.0 Å². The highest BCUT2D eigenvalue weighted by Crippen LogP contribution is 2.47. The lowest BCUT2D eigenvalue weighted by atomic mass is 9.86. The van der Waals surface area contributed by atoms with Gasteiger partial charge in [-0.2, -0.15) is 4.31 Å². The molecule has 3 atom stereocenters. The van der Waals surface area contributed by atoms with E-state index in [9.17, 15) is 18.0 Å². The zero-order valence-corrected chi connectivity index (χ0v) is 23.9. The van der Waals surface area contributed by atoms with E-state index >= 15 is 0 Å². The van der Waals surface area contributed by atoms with Crippen molar-refractivity contribution in [3.05, 3.63) is 76.3 Å². The molecule has 0 aliphatic carbocycles. The van der Waals surface area contributed by atoms with Crippen molar-refractivity contribution in [2.45, 2.75) is 71.4 Å². The first kappa shape index (κ1) is 29.1. The van der Waals surface area contributed by atoms with Gasteiger partial charge in [0.05, 0.1) is 10.9 Å². The van der Waals surface area contributed by atoms with Crippen LogP contribution in [0.2, 0.25) is 5.02 Å². The number of hydrogen-bond acceptors (Lipinski definition) is 4. The number of ketones is 1. The Bertz CT molecular complexity index is 1290. The van der Waals surface area contributed by atoms with E-state index in [0.29, 0.717) is 28.1 Å². The summed E-state index contributed by atoms with van der Waals surface area (Å²) >= 11 is 6.15. The zero-order valence-electron chi connectivity index (χ0n) is 22.4. The Morgan fingerprint density at radius 3 is 2.16 bits per heavy atom. The van der Waals surface area contributed by atoms with Crippen LogP contribution in [0.15, 0.2) is 65.1 Å². The van der Waals surface area contributed by atoms with Crippen LogP contribution in [0.3, 0.4) is 0 Å². The van der Waals surface area contributed by atoms with Gasteiger partial charge >= 0.3 is 0 Å². The molecule has 0 unspecified atom stereocenters. The molecule has 1 aliphatic heterocycles. The Labute approximate surface area is 225 Å². The molecule has 1 aliphatic rings. The number of nitrogens with two attached hydrogens (primary N) is 1. The molecule has 0 saturated carbocycles. The lowest BCUT2D eigenvalue weighted by Crippen LogP contribution is -2.45. The number of benzene rings is 2. The fraction of sp³-hybridized carbons (Fsp3) is 0.448. The van der Waals surface area contributed by atoms with Gasteiger partial charge in [0, 0.05) is 29.0 Å². The Hall–Kier alpha value is -2.48. The predicted octanol–water partition coefficient (Wildman–Crippen LogP) is 5.84. The molecule has 0 aromatic heterocycles. The summed E-state index contributed by atoms with van der Waals surface area (Å²) in [6.07, 6.45) is 2.18. The summed E-state index contributed by atoms with van der Waals surface area (Å²) < 4.78 is 30.0. The quantitative estimate of drug-likeness (QED) is 0.428. The molecule has 1 heterocycles. The van der Waals surface area contributed by atoms with Crippen molar-refractivity contribution >= 4 is 33.3 Å². The monoisotopic (exact) mass is 544 g/mol. The molecule has 200 valence electrons. The fourth-order valence-electron chi connectivity index (χ4n) is 4.94. The van der Waals surface area contributed by atoms with Crippen LogP contribution in [-0.4, -0.2) is 30.5 Å². The molecule has 2 N–H and O–H groups in total. The first-order valence-corrected chi connectivity index (χ1v) is 14.3. The summed E-state index contributed by atoms with van der Waals surface area (Å²) in [5.74, 6) is -1.26. The van der Waals surface area contributed by atoms with Gasteiger partial charge in [-0.1, -0.05) is 82.6 Å². The smallest absolute Gasteiger partial charge is 0.244 e. The van der Waals surface area contributed by atoms with Gasteiger partial charge < -0.3 is 5.73 Å². The number of hydrogen-bond donors (Lipinski definition) is 1. The second kappa shape index (κ2) is 11.1. The van der Waals surface area contributed by atoms with Gasteiger partial charge in [-0.3, -0.25) is 9.59 Å². The maximum atomic E-state index is 14.3. The number of nitrogens with zero attached hydrogens (tertiary/aromatic N) is 1. The minimum Gasteiger partial charge on any atom is -0.369 e. The molecule has 8 heteroatoms. The summed E-state index contributed by atoms with van der Waals surface area (Å²) in [7, 11) is -4.03. The van der Waals surface area contributed by atoms with Crippen LogP contribution in [-0.2, 0) is 19.6 Å². The van der Waals surface area contributed by atoms with Gasteiger partial charge in [-0.15, -0.1) is 0 Å². The summed E-state index contributed by atoms with van der Waals surface area (Å²) in [5.41, 5.74) is 6.73. The van der Waals surface area contributed by atoms with Crippen LogP contribution < -0.4 is 5.73 Å². The average molecular weight is 545 g/mol. The number of primary amides is 1. The number of rotatable bonds is 9. The number of Topliss-reactive ketones (excluding diaryl/α,β-unsaturated/α-hetero) is 1. The molecular weight excluding hydrogens is 508 g/mol. The van der Waals surface area contributed by atoms with Gasteiger partial charge in [0.25, 0.3) is 0 Å². The minimum atomic E-state index is -4.03. The van der Waals surface area contributed by atoms with Crippen molar-refractivity contribution in [2.75, 3.05) is 0 Å². The van der Waals surface area contributed by atoms with E-state index in [1.165, 1.54) is 4.31 Å². The van der Waals surface area contributed by atoms with Gasteiger partial charge in [0.1, 0.15) is 0 Å². The second-order valence-electron chi connectivity index (χ2n) is 11.3. The maximum absolute atomic E-state index is 14.3. The van der Waals surface area contributed by atoms with Crippen molar-refractivity contribution in [3.63, 3.8) is 0 Å². The lowest BCUT2D eigenvalue weighted by molar-refractivity contribution is -0.126. The molecule has 0 spiro atoms. The van der Waals surface area contributed by atoms with Gasteiger partial charge in [0.15, 0.2) is 5.78 Å². The maximum Gasteiger partial charge on any atom is 0.244 e. The number of carbonyl (C=O) groups excluding carboxylic acids is 2. The first-order valence-electron chi connectivity index (χ1n) is 12.5. The van der Waals surface area contributed by atoms with Gasteiger partial charge in [-0.25, -0.2) is 8.42 Å². The van der Waals surface area contributed by atoms with Crippen LogP contribution in [0.25, 0.3) is 0 Å². The van der Waals surface area contributed by atoms with E-state index in [4.69, 9.17) is 17.3 Å². The van der Waals surface area contributed by atoms with E-state index in [1.807, 2.05) is 34.6 Å². The predicted molar refractivity (Wildman–Crippen MR) is 147 cm³/mol. The number of aryl methyl sites for hydroxylation is 1. The average Bonchev–Trinajstić information content (AvgIpc) is 3.21. The van der Waals surface area contributed by atoms with Crippen molar-refractivity contribution in [1.82, 2.24) is 4.31 Å². The summed E-state index contributed by atoms with van der Waals surface area (Å²) in [5, 5.41) is 0.505. The summed E-state index contributed by atoms with van der Waals surface area (Å²) in [4.78, 5) is 26.2. The minimum absolute atomic E-state index is 0.0709. The highest BCUT2D eigenvalue weighted by atomic mass is 35.5. The van der Waals surface area contributed by atoms with Crippen molar-refractivity contribution in [1.29, 1.82) is 0 Å². The third-order valence-electron chi connectivity index (χ3n) is 6.79. The van der Waals surface area contributed by atoms with E-state index in [-0.39, 0.29) is 23.0 Å². The third kappa shape index (κ3) is 6.33. The molecule has 37 heavy (non-hydrogen) atoms. The van der Waals surface area contributed by atoms with E-state index in [1.54, 1.807) is 61.5 Å². The van der Waals surface area contributed by atoms with Crippen molar-refractivity contribution in [3.8, 4) is 0 Å². The third-order valence-corrected chi connectivity index (χ3v) is 9.05. The van der Waals surface area contributed by atoms with E-state index in [0.717, 1.165) is 0 Å². The molecule has 2 aromatic rings. The Morgan fingerprint density at radius 1 is 1.05 bits per heavy atom. The fourth-order valence-corrected chi connectivity index (χ4v) is 7.21. The second-order valence-corrected chi connectivity index (χ2v) is 13.6. The number of sulfonamides is 1. The highest BCUT2D eigenvalue weighted by Gasteiger charge is 2.49. The zero-order chi connectivity index (χ0) is 27.7. The van der Waals surface area contributed by atoms with Crippen LogP contribution in [0.5, 0.6) is 0 Å². The van der Waals surface area contributed by atoms with Crippen LogP contribution in [0, 0.1) is 24.2 Å². The molecular formula is C29H37ClN2O4S. The standard InChI is InChI=1S/C29H37ClN2O4S/c1-18(2)15-21(28(31)34)16-24(33)23-17-26(29(4,5)6)32(27(23)20-11-13-22(30)14-12-20)37(35,36)25-10-8-7-9-19(25)3/h7-14,17-18,21,26-27H,15-16H2,1-6H3,(H2,31,34)/t21-,26+,27+/m1/s1. The van der Waals surface area contributed by atoms with Gasteiger partial charge in [0.2, 0.25) is 15.9 Å². The molecule has 0 fully saturated rings. The first-order chi connectivity index (χ1) is 17.1. The number of halogens is 1. The molecule has 3 rings (SSSR count). The molecule has 6 nitrogen and oxygen atoms in total. The van der Waals surface area contributed by atoms with Crippen molar-refractivity contribution < 1.29 is 18.0 Å². The number of carbonyl (C=O) groups is 2. The topological polar surface area (TPSA) is 97.5 Å². The Morgan fingerprint density at radius 2 is 1.65 bits per heavy atom. The summed E-state index contributed by atoms with van der Waals surface area (Å²) in [6, 6.07) is 12.2. The Kier molecular flexibility index (Phi) is 8.72. The van der Waals surface area contributed by atoms with E-state index in [2.05, 4.69) is 0 Å². The lowest BCUT2D eigenvalue weighted by Gasteiger charge is -2.37. The van der Waals surface area contributed by atoms with Crippen LogP contribution in [0.1, 0.15) is 64.6 Å². The molecule has 0 radical (unpaired) electrons. The molecule has 1 amide bonds. The summed E-state index contributed by atoms with van der Waals surface area (Å²) in [6.45, 7) is 11.6. The molecule has 0 bridgehead atoms. The van der Waals surface area contributed by atoms with Crippen LogP contribution >= 0.6 is 11.6 Å². The van der Waals surface area contributed by atoms with Crippen LogP contribution in [0.4, 0.5) is 0 Å².